The average Bonchev–Trinajstić information content (AvgIpc) is 2.71. The summed E-state index contributed by atoms with van der Waals surface area (Å²) in [6.45, 7) is 8.84. The van der Waals surface area contributed by atoms with Gasteiger partial charge in [0.1, 0.15) is 0 Å². The summed E-state index contributed by atoms with van der Waals surface area (Å²) in [6.07, 6.45) is 3.18. The molecule has 2 aromatic carbocycles. The monoisotopic (exact) mass is 446 g/mol. The number of carbonyl (C=O) groups excluding carboxylic acids is 1. The molecule has 1 heterocycles. The molecule has 7 heteroatoms. The van der Waals surface area contributed by atoms with Gasteiger partial charge in [0.05, 0.1) is 4.90 Å². The van der Waals surface area contributed by atoms with E-state index in [4.69, 9.17) is 11.6 Å². The zero-order valence-corrected chi connectivity index (χ0v) is 19.3. The lowest BCUT2D eigenvalue weighted by atomic mass is 10.0. The van der Waals surface area contributed by atoms with Gasteiger partial charge in [-0.2, -0.15) is 4.31 Å². The minimum atomic E-state index is -3.62. The Kier molecular flexibility index (Phi) is 6.70. The lowest BCUT2D eigenvalue weighted by Gasteiger charge is -2.34. The van der Waals surface area contributed by atoms with Crippen molar-refractivity contribution >= 4 is 33.6 Å². The lowest BCUT2D eigenvalue weighted by molar-refractivity contribution is -0.127. The summed E-state index contributed by atoms with van der Waals surface area (Å²) in [7, 11) is -3.62. The van der Waals surface area contributed by atoms with Gasteiger partial charge in [0.2, 0.25) is 15.9 Å². The second-order valence-electron chi connectivity index (χ2n) is 7.67. The lowest BCUT2D eigenvalue weighted by Crippen LogP contribution is -2.50. The van der Waals surface area contributed by atoms with Gasteiger partial charge in [-0.25, -0.2) is 8.42 Å². The minimum Gasteiger partial charge on any atom is -0.337 e. The van der Waals surface area contributed by atoms with E-state index in [9.17, 15) is 13.2 Å². The maximum atomic E-state index is 13.4. The number of hydrogen-bond donors (Lipinski definition) is 0. The van der Waals surface area contributed by atoms with Crippen molar-refractivity contribution in [2.45, 2.75) is 32.6 Å². The molecule has 0 atom stereocenters. The summed E-state index contributed by atoms with van der Waals surface area (Å²) in [5, 5.41) is 0.580. The first kappa shape index (κ1) is 22.5. The third-order valence-electron chi connectivity index (χ3n) is 5.76. The number of benzene rings is 2. The number of amides is 1. The molecule has 0 aliphatic carbocycles. The molecule has 30 heavy (non-hydrogen) atoms. The van der Waals surface area contributed by atoms with E-state index in [1.54, 1.807) is 17.0 Å². The Bertz CT molecular complexity index is 1080. The fraction of sp³-hybridized carbons (Fsp3) is 0.348. The van der Waals surface area contributed by atoms with Gasteiger partial charge in [-0.1, -0.05) is 35.9 Å². The Morgan fingerprint density at radius 2 is 1.53 bits per heavy atom. The SMILES string of the molecule is Cc1cc(C)c(C)c(S(=O)(=O)N2CCN(C(=O)/C=C/c3ccccc3Cl)CC2)c1C. The van der Waals surface area contributed by atoms with Crippen molar-refractivity contribution in [2.75, 3.05) is 26.2 Å². The van der Waals surface area contributed by atoms with Gasteiger partial charge < -0.3 is 4.90 Å². The van der Waals surface area contributed by atoms with Gasteiger partial charge in [0.15, 0.2) is 0 Å². The maximum Gasteiger partial charge on any atom is 0.246 e. The summed E-state index contributed by atoms with van der Waals surface area (Å²) < 4.78 is 28.2. The summed E-state index contributed by atoms with van der Waals surface area (Å²) >= 11 is 6.12. The molecule has 1 fully saturated rings. The molecule has 0 aromatic heterocycles. The Morgan fingerprint density at radius 3 is 2.10 bits per heavy atom. The van der Waals surface area contributed by atoms with Crippen LogP contribution < -0.4 is 0 Å². The van der Waals surface area contributed by atoms with E-state index < -0.39 is 10.0 Å². The molecule has 0 spiro atoms. The van der Waals surface area contributed by atoms with Gasteiger partial charge in [-0.3, -0.25) is 4.79 Å². The number of aryl methyl sites for hydroxylation is 2. The predicted molar refractivity (Wildman–Crippen MR) is 121 cm³/mol. The molecule has 5 nitrogen and oxygen atoms in total. The molecule has 3 rings (SSSR count). The number of halogens is 1. The van der Waals surface area contributed by atoms with Gasteiger partial charge in [0.25, 0.3) is 0 Å². The predicted octanol–water partition coefficient (Wildman–Crippen LogP) is 4.12. The first-order valence-electron chi connectivity index (χ1n) is 9.92. The van der Waals surface area contributed by atoms with Gasteiger partial charge >= 0.3 is 0 Å². The minimum absolute atomic E-state index is 0.147. The normalized spacial score (nSPS) is 15.7. The summed E-state index contributed by atoms with van der Waals surface area (Å²) in [5.41, 5.74) is 4.29. The Morgan fingerprint density at radius 1 is 0.967 bits per heavy atom. The molecular formula is C23H27ClN2O3S. The van der Waals surface area contributed by atoms with E-state index in [0.717, 1.165) is 27.8 Å². The Balaban J connectivity index is 1.73. The van der Waals surface area contributed by atoms with Crippen LogP contribution in [-0.2, 0) is 14.8 Å². The fourth-order valence-corrected chi connectivity index (χ4v) is 5.92. The number of carbonyl (C=O) groups is 1. The molecular weight excluding hydrogens is 420 g/mol. The van der Waals surface area contributed by atoms with E-state index in [2.05, 4.69) is 0 Å². The molecule has 0 unspecified atom stereocenters. The van der Waals surface area contributed by atoms with Crippen molar-refractivity contribution in [3.63, 3.8) is 0 Å². The quantitative estimate of drug-likeness (QED) is 0.664. The first-order valence-corrected chi connectivity index (χ1v) is 11.7. The van der Waals surface area contributed by atoms with Crippen LogP contribution >= 0.6 is 11.6 Å². The van der Waals surface area contributed by atoms with E-state index in [0.29, 0.717) is 23.0 Å². The molecule has 2 aromatic rings. The van der Waals surface area contributed by atoms with E-state index in [1.807, 2.05) is 52.0 Å². The Hall–Kier alpha value is -2.15. The van der Waals surface area contributed by atoms with E-state index >= 15 is 0 Å². The van der Waals surface area contributed by atoms with Crippen LogP contribution in [0.1, 0.15) is 27.8 Å². The second kappa shape index (κ2) is 8.92. The Labute approximate surface area is 184 Å². The molecule has 1 aliphatic rings. The molecule has 1 aliphatic heterocycles. The molecule has 1 amide bonds. The molecule has 0 N–H and O–H groups in total. The van der Waals surface area contributed by atoms with Gasteiger partial charge in [-0.05, 0) is 67.7 Å². The topological polar surface area (TPSA) is 57.7 Å². The van der Waals surface area contributed by atoms with Crippen LogP contribution in [0.3, 0.4) is 0 Å². The van der Waals surface area contributed by atoms with Gasteiger partial charge in [-0.15, -0.1) is 0 Å². The van der Waals surface area contributed by atoms with Crippen molar-refractivity contribution in [1.29, 1.82) is 0 Å². The first-order chi connectivity index (χ1) is 14.1. The third-order valence-corrected chi connectivity index (χ3v) is 8.27. The molecule has 0 bridgehead atoms. The summed E-state index contributed by atoms with van der Waals surface area (Å²) in [5.74, 6) is -0.147. The number of rotatable bonds is 4. The molecule has 160 valence electrons. The van der Waals surface area contributed by atoms with Crippen molar-refractivity contribution < 1.29 is 13.2 Å². The van der Waals surface area contributed by atoms with Crippen LogP contribution in [0.15, 0.2) is 41.3 Å². The average molecular weight is 447 g/mol. The van der Waals surface area contributed by atoms with Crippen molar-refractivity contribution in [3.8, 4) is 0 Å². The maximum absolute atomic E-state index is 13.4. The largest absolute Gasteiger partial charge is 0.337 e. The standard InChI is InChI=1S/C23H27ClN2O3S/c1-16-15-17(2)19(4)23(18(16)3)30(28,29)26-13-11-25(12-14-26)22(27)10-9-20-7-5-6-8-21(20)24/h5-10,15H,11-14H2,1-4H3/b10-9+. The summed E-state index contributed by atoms with van der Waals surface area (Å²) in [4.78, 5) is 14.6. The van der Waals surface area contributed by atoms with Gasteiger partial charge in [0, 0.05) is 37.3 Å². The second-order valence-corrected chi connectivity index (χ2v) is 9.96. The number of nitrogens with zero attached hydrogens (tertiary/aromatic N) is 2. The highest BCUT2D eigenvalue weighted by molar-refractivity contribution is 7.89. The molecule has 0 radical (unpaired) electrons. The van der Waals surface area contributed by atoms with Crippen molar-refractivity contribution in [1.82, 2.24) is 9.21 Å². The fourth-order valence-electron chi connectivity index (χ4n) is 3.72. The smallest absolute Gasteiger partial charge is 0.246 e. The zero-order valence-electron chi connectivity index (χ0n) is 17.8. The van der Waals surface area contributed by atoms with Crippen LogP contribution in [0.2, 0.25) is 5.02 Å². The van der Waals surface area contributed by atoms with E-state index in [-0.39, 0.29) is 19.0 Å². The van der Waals surface area contributed by atoms with Crippen molar-refractivity contribution in [2.24, 2.45) is 0 Å². The highest BCUT2D eigenvalue weighted by Gasteiger charge is 2.32. The summed E-state index contributed by atoms with van der Waals surface area (Å²) in [6, 6.07) is 9.32. The van der Waals surface area contributed by atoms with Crippen LogP contribution in [0.5, 0.6) is 0 Å². The molecule has 0 saturated carbocycles. The van der Waals surface area contributed by atoms with Crippen molar-refractivity contribution in [3.05, 3.63) is 69.2 Å². The number of hydrogen-bond acceptors (Lipinski definition) is 3. The van der Waals surface area contributed by atoms with Crippen LogP contribution in [0.25, 0.3) is 6.08 Å². The number of sulfonamides is 1. The van der Waals surface area contributed by atoms with Crippen LogP contribution in [0, 0.1) is 27.7 Å². The van der Waals surface area contributed by atoms with Crippen LogP contribution in [0.4, 0.5) is 0 Å². The molecule has 1 saturated heterocycles. The highest BCUT2D eigenvalue weighted by atomic mass is 35.5. The highest BCUT2D eigenvalue weighted by Crippen LogP contribution is 2.29. The number of piperazine rings is 1. The van der Waals surface area contributed by atoms with Crippen LogP contribution in [-0.4, -0.2) is 49.7 Å². The third kappa shape index (κ3) is 4.46. The zero-order chi connectivity index (χ0) is 22.1. The van der Waals surface area contributed by atoms with E-state index in [1.165, 1.54) is 10.4 Å².